The van der Waals surface area contributed by atoms with Crippen molar-refractivity contribution in [3.63, 3.8) is 0 Å². The zero-order chi connectivity index (χ0) is 15.5. The van der Waals surface area contributed by atoms with Crippen LogP contribution in [0.5, 0.6) is 0 Å². The summed E-state index contributed by atoms with van der Waals surface area (Å²) in [5.41, 5.74) is 1.31. The van der Waals surface area contributed by atoms with E-state index in [2.05, 4.69) is 15.0 Å². The van der Waals surface area contributed by atoms with Crippen LogP contribution in [0.25, 0.3) is 11.0 Å². The van der Waals surface area contributed by atoms with Crippen molar-refractivity contribution in [1.82, 2.24) is 19.9 Å². The first-order valence-electron chi connectivity index (χ1n) is 7.14. The lowest BCUT2D eigenvalue weighted by Gasteiger charge is -2.34. The number of piperazine rings is 1. The normalized spacial score (nSPS) is 15.2. The molecule has 116 valence electrons. The standard InChI is InChI=1S/C14H16ClN5O2/c1-2-22-14(21)20-8-6-19(7-9-20)13-17-10-4-3-5-16-11(10)12(15)18-13/h3-5H,2,6-9H2,1H3. The smallest absolute Gasteiger partial charge is 0.409 e. The first kappa shape index (κ1) is 14.8. The maximum absolute atomic E-state index is 11.7. The SMILES string of the molecule is CCOC(=O)N1CCN(c2nc(Cl)c3ncccc3n2)CC1. The summed E-state index contributed by atoms with van der Waals surface area (Å²) in [6.45, 7) is 4.61. The number of hydrogen-bond acceptors (Lipinski definition) is 6. The predicted octanol–water partition coefficient (Wildman–Crippen LogP) is 1.96. The van der Waals surface area contributed by atoms with Crippen LogP contribution in [-0.2, 0) is 4.74 Å². The maximum Gasteiger partial charge on any atom is 0.409 e. The van der Waals surface area contributed by atoms with Crippen LogP contribution in [-0.4, -0.2) is 58.7 Å². The maximum atomic E-state index is 11.7. The van der Waals surface area contributed by atoms with Gasteiger partial charge in [0.1, 0.15) is 5.52 Å². The second-order valence-corrected chi connectivity index (χ2v) is 5.22. The van der Waals surface area contributed by atoms with E-state index in [-0.39, 0.29) is 6.09 Å². The summed E-state index contributed by atoms with van der Waals surface area (Å²) < 4.78 is 5.01. The molecule has 8 heteroatoms. The van der Waals surface area contributed by atoms with Crippen molar-refractivity contribution in [3.05, 3.63) is 23.5 Å². The highest BCUT2D eigenvalue weighted by Gasteiger charge is 2.24. The summed E-state index contributed by atoms with van der Waals surface area (Å²) in [5, 5.41) is 0.341. The van der Waals surface area contributed by atoms with Gasteiger partial charge in [-0.05, 0) is 19.1 Å². The Labute approximate surface area is 132 Å². The molecule has 1 saturated heterocycles. The molecule has 0 N–H and O–H groups in total. The molecule has 7 nitrogen and oxygen atoms in total. The molecule has 0 unspecified atom stereocenters. The van der Waals surface area contributed by atoms with Crippen molar-refractivity contribution in [1.29, 1.82) is 0 Å². The Bertz CT molecular complexity index is 688. The number of pyridine rings is 1. The number of anilines is 1. The van der Waals surface area contributed by atoms with E-state index in [0.29, 0.717) is 54.9 Å². The highest BCUT2D eigenvalue weighted by Crippen LogP contribution is 2.22. The minimum Gasteiger partial charge on any atom is -0.450 e. The molecule has 3 rings (SSSR count). The van der Waals surface area contributed by atoms with Gasteiger partial charge in [0.15, 0.2) is 5.15 Å². The van der Waals surface area contributed by atoms with Gasteiger partial charge in [0.2, 0.25) is 5.95 Å². The molecule has 0 radical (unpaired) electrons. The fourth-order valence-corrected chi connectivity index (χ4v) is 2.59. The van der Waals surface area contributed by atoms with Crippen LogP contribution in [0.3, 0.4) is 0 Å². The Morgan fingerprint density at radius 2 is 2.09 bits per heavy atom. The third-order valence-corrected chi connectivity index (χ3v) is 3.75. The van der Waals surface area contributed by atoms with Crippen molar-refractivity contribution in [2.24, 2.45) is 0 Å². The van der Waals surface area contributed by atoms with Gasteiger partial charge in [-0.1, -0.05) is 11.6 Å². The second-order valence-electron chi connectivity index (χ2n) is 4.86. The fraction of sp³-hybridized carbons (Fsp3) is 0.429. The Hall–Kier alpha value is -2.15. The van der Waals surface area contributed by atoms with E-state index < -0.39 is 0 Å². The Morgan fingerprint density at radius 1 is 1.32 bits per heavy atom. The zero-order valence-corrected chi connectivity index (χ0v) is 13.0. The van der Waals surface area contributed by atoms with Crippen molar-refractivity contribution in [2.45, 2.75) is 6.92 Å². The molecule has 0 atom stereocenters. The van der Waals surface area contributed by atoms with Gasteiger partial charge < -0.3 is 14.5 Å². The van der Waals surface area contributed by atoms with Gasteiger partial charge in [-0.15, -0.1) is 0 Å². The quantitative estimate of drug-likeness (QED) is 0.787. The number of fused-ring (bicyclic) bond motifs is 1. The lowest BCUT2D eigenvalue weighted by atomic mass is 10.3. The van der Waals surface area contributed by atoms with Gasteiger partial charge in [-0.25, -0.2) is 9.78 Å². The summed E-state index contributed by atoms with van der Waals surface area (Å²) in [5.74, 6) is 0.564. The van der Waals surface area contributed by atoms with Crippen LogP contribution in [0.15, 0.2) is 18.3 Å². The van der Waals surface area contributed by atoms with Crippen molar-refractivity contribution in [3.8, 4) is 0 Å². The summed E-state index contributed by atoms with van der Waals surface area (Å²) >= 11 is 6.18. The third-order valence-electron chi connectivity index (χ3n) is 3.49. The fourth-order valence-electron chi connectivity index (χ4n) is 2.36. The van der Waals surface area contributed by atoms with E-state index in [1.54, 1.807) is 18.0 Å². The summed E-state index contributed by atoms with van der Waals surface area (Å²) in [4.78, 5) is 28.4. The second kappa shape index (κ2) is 6.31. The number of nitrogens with zero attached hydrogens (tertiary/aromatic N) is 5. The molecule has 0 aliphatic carbocycles. The molecular formula is C14H16ClN5O2. The molecule has 1 fully saturated rings. The van der Waals surface area contributed by atoms with Crippen LogP contribution < -0.4 is 4.90 Å². The van der Waals surface area contributed by atoms with Gasteiger partial charge >= 0.3 is 6.09 Å². The van der Waals surface area contributed by atoms with E-state index >= 15 is 0 Å². The van der Waals surface area contributed by atoms with Crippen molar-refractivity contribution < 1.29 is 9.53 Å². The number of hydrogen-bond donors (Lipinski definition) is 0. The molecule has 0 saturated carbocycles. The highest BCUT2D eigenvalue weighted by atomic mass is 35.5. The number of amides is 1. The molecule has 2 aromatic rings. The van der Waals surface area contributed by atoms with E-state index in [1.165, 1.54) is 0 Å². The molecule has 2 aromatic heterocycles. The molecule has 22 heavy (non-hydrogen) atoms. The van der Waals surface area contributed by atoms with Crippen molar-refractivity contribution >= 4 is 34.7 Å². The van der Waals surface area contributed by atoms with Gasteiger partial charge in [0, 0.05) is 32.4 Å². The summed E-state index contributed by atoms with van der Waals surface area (Å²) in [7, 11) is 0. The van der Waals surface area contributed by atoms with Crippen LogP contribution in [0.1, 0.15) is 6.92 Å². The first-order valence-corrected chi connectivity index (χ1v) is 7.51. The average Bonchev–Trinajstić information content (AvgIpc) is 2.55. The number of carbonyl (C=O) groups is 1. The number of carbonyl (C=O) groups excluding carboxylic acids is 1. The van der Waals surface area contributed by atoms with Crippen LogP contribution in [0.2, 0.25) is 5.15 Å². The molecule has 1 amide bonds. The van der Waals surface area contributed by atoms with Crippen molar-refractivity contribution in [2.75, 3.05) is 37.7 Å². The van der Waals surface area contributed by atoms with Gasteiger partial charge in [-0.3, -0.25) is 4.98 Å². The number of halogens is 1. The predicted molar refractivity (Wildman–Crippen MR) is 83.2 cm³/mol. The van der Waals surface area contributed by atoms with E-state index in [1.807, 2.05) is 17.0 Å². The largest absolute Gasteiger partial charge is 0.450 e. The molecule has 1 aliphatic rings. The van der Waals surface area contributed by atoms with E-state index in [0.717, 1.165) is 0 Å². The lowest BCUT2D eigenvalue weighted by molar-refractivity contribution is 0.105. The molecule has 1 aliphatic heterocycles. The summed E-state index contributed by atoms with van der Waals surface area (Å²) in [6, 6.07) is 3.67. The third kappa shape index (κ3) is 2.89. The average molecular weight is 322 g/mol. The Balaban J connectivity index is 1.75. The number of rotatable bonds is 2. The van der Waals surface area contributed by atoms with Crippen LogP contribution in [0.4, 0.5) is 10.7 Å². The lowest BCUT2D eigenvalue weighted by Crippen LogP contribution is -2.49. The van der Waals surface area contributed by atoms with E-state index in [4.69, 9.17) is 16.3 Å². The summed E-state index contributed by atoms with van der Waals surface area (Å²) in [6.07, 6.45) is 1.39. The zero-order valence-electron chi connectivity index (χ0n) is 12.2. The Kier molecular flexibility index (Phi) is 4.24. The minimum atomic E-state index is -0.274. The Morgan fingerprint density at radius 3 is 2.82 bits per heavy atom. The van der Waals surface area contributed by atoms with E-state index in [9.17, 15) is 4.79 Å². The number of aromatic nitrogens is 3. The van der Waals surface area contributed by atoms with Gasteiger partial charge in [-0.2, -0.15) is 4.98 Å². The topological polar surface area (TPSA) is 71.5 Å². The van der Waals surface area contributed by atoms with Gasteiger partial charge in [0.05, 0.1) is 12.1 Å². The molecule has 0 spiro atoms. The molecule has 0 aromatic carbocycles. The minimum absolute atomic E-state index is 0.274. The molecular weight excluding hydrogens is 306 g/mol. The molecule has 0 bridgehead atoms. The first-order chi connectivity index (χ1) is 10.7. The van der Waals surface area contributed by atoms with Gasteiger partial charge in [0.25, 0.3) is 0 Å². The van der Waals surface area contributed by atoms with Crippen LogP contribution in [0, 0.1) is 0 Å². The number of ether oxygens (including phenoxy) is 1. The monoisotopic (exact) mass is 321 g/mol. The highest BCUT2D eigenvalue weighted by molar-refractivity contribution is 6.33. The molecule has 3 heterocycles. The van der Waals surface area contributed by atoms with Crippen LogP contribution >= 0.6 is 11.6 Å².